The van der Waals surface area contributed by atoms with Gasteiger partial charge in [-0.1, -0.05) is 23.7 Å². The van der Waals surface area contributed by atoms with Gasteiger partial charge in [0.1, 0.15) is 5.82 Å². The monoisotopic (exact) mass is 326 g/mol. The van der Waals surface area contributed by atoms with Crippen molar-refractivity contribution in [2.24, 2.45) is 0 Å². The molecule has 1 aromatic heterocycles. The molecule has 0 fully saturated rings. The van der Waals surface area contributed by atoms with Gasteiger partial charge in [-0.15, -0.1) is 5.10 Å². The van der Waals surface area contributed by atoms with Crippen molar-refractivity contribution in [3.05, 3.63) is 70.8 Å². The Morgan fingerprint density at radius 1 is 1.13 bits per heavy atom. The molecule has 5 nitrogen and oxygen atoms in total. The number of carbonyl (C=O) groups excluding carboxylic acids is 1. The maximum Gasteiger partial charge on any atom is 0.295 e. The summed E-state index contributed by atoms with van der Waals surface area (Å²) in [5.41, 5.74) is 2.59. The van der Waals surface area contributed by atoms with Crippen LogP contribution in [0, 0.1) is 13.8 Å². The Kier molecular flexibility index (Phi) is 4.12. The first-order valence-electron chi connectivity index (χ1n) is 7.10. The number of hydrogen-bond donors (Lipinski definition) is 1. The van der Waals surface area contributed by atoms with Gasteiger partial charge in [0.15, 0.2) is 0 Å². The molecule has 23 heavy (non-hydrogen) atoms. The molecule has 3 aromatic rings. The van der Waals surface area contributed by atoms with Crippen LogP contribution in [0.1, 0.15) is 22.0 Å². The molecule has 2 aromatic carbocycles. The molecular formula is C17H15ClN4O. The van der Waals surface area contributed by atoms with Gasteiger partial charge < -0.3 is 5.32 Å². The molecular weight excluding hydrogens is 312 g/mol. The van der Waals surface area contributed by atoms with E-state index in [1.165, 1.54) is 0 Å². The highest BCUT2D eigenvalue weighted by molar-refractivity contribution is 6.30. The summed E-state index contributed by atoms with van der Waals surface area (Å²) in [4.78, 5) is 16.5. The number of nitrogens with zero attached hydrogens (tertiary/aromatic N) is 3. The molecule has 0 spiro atoms. The highest BCUT2D eigenvalue weighted by atomic mass is 35.5. The average Bonchev–Trinajstić information content (AvgIpc) is 2.90. The van der Waals surface area contributed by atoms with Crippen molar-refractivity contribution in [3.63, 3.8) is 0 Å². The molecule has 116 valence electrons. The summed E-state index contributed by atoms with van der Waals surface area (Å²) in [6.45, 7) is 3.76. The lowest BCUT2D eigenvalue weighted by atomic mass is 10.2. The molecule has 1 N–H and O–H groups in total. The minimum atomic E-state index is -0.341. The Hall–Kier alpha value is -2.66. The van der Waals surface area contributed by atoms with Gasteiger partial charge in [0.2, 0.25) is 5.82 Å². The molecule has 0 aliphatic heterocycles. The molecule has 0 saturated heterocycles. The summed E-state index contributed by atoms with van der Waals surface area (Å²) < 4.78 is 1.61. The van der Waals surface area contributed by atoms with Crippen LogP contribution in [-0.4, -0.2) is 20.7 Å². The Morgan fingerprint density at radius 2 is 1.87 bits per heavy atom. The summed E-state index contributed by atoms with van der Waals surface area (Å²) in [5, 5.41) is 7.72. The minimum Gasteiger partial charge on any atom is -0.319 e. The molecule has 6 heteroatoms. The Labute approximate surface area is 138 Å². The van der Waals surface area contributed by atoms with Crippen molar-refractivity contribution in [2.75, 3.05) is 5.32 Å². The minimum absolute atomic E-state index is 0.124. The molecule has 0 unspecified atom stereocenters. The van der Waals surface area contributed by atoms with E-state index in [1.807, 2.05) is 43.3 Å². The van der Waals surface area contributed by atoms with E-state index in [0.717, 1.165) is 16.9 Å². The molecule has 1 amide bonds. The van der Waals surface area contributed by atoms with E-state index in [2.05, 4.69) is 15.4 Å². The first kappa shape index (κ1) is 15.2. The Morgan fingerprint density at radius 3 is 2.57 bits per heavy atom. The lowest BCUT2D eigenvalue weighted by molar-refractivity contribution is 0.101. The van der Waals surface area contributed by atoms with Crippen molar-refractivity contribution >= 4 is 23.2 Å². The summed E-state index contributed by atoms with van der Waals surface area (Å²) in [5.74, 6) is 0.409. The zero-order valence-electron chi connectivity index (χ0n) is 12.7. The zero-order chi connectivity index (χ0) is 16.4. The van der Waals surface area contributed by atoms with Crippen LogP contribution in [0.2, 0.25) is 5.02 Å². The smallest absolute Gasteiger partial charge is 0.295 e. The van der Waals surface area contributed by atoms with Crippen LogP contribution >= 0.6 is 11.6 Å². The second kappa shape index (κ2) is 6.22. The van der Waals surface area contributed by atoms with Crippen molar-refractivity contribution in [1.82, 2.24) is 14.8 Å². The van der Waals surface area contributed by atoms with Gasteiger partial charge in [-0.25, -0.2) is 9.67 Å². The van der Waals surface area contributed by atoms with E-state index in [0.29, 0.717) is 10.8 Å². The number of aryl methyl sites for hydroxylation is 2. The maximum atomic E-state index is 12.3. The number of aromatic nitrogens is 3. The number of hydrogen-bond acceptors (Lipinski definition) is 3. The van der Waals surface area contributed by atoms with Crippen molar-refractivity contribution in [2.45, 2.75) is 13.8 Å². The van der Waals surface area contributed by atoms with Crippen molar-refractivity contribution < 1.29 is 4.79 Å². The summed E-state index contributed by atoms with van der Waals surface area (Å²) in [6, 6.07) is 14.8. The van der Waals surface area contributed by atoms with Crippen LogP contribution in [0.3, 0.4) is 0 Å². The van der Waals surface area contributed by atoms with Gasteiger partial charge in [0, 0.05) is 10.7 Å². The highest BCUT2D eigenvalue weighted by Gasteiger charge is 2.15. The molecule has 0 saturated carbocycles. The van der Waals surface area contributed by atoms with Gasteiger partial charge in [0.25, 0.3) is 5.91 Å². The number of carbonyl (C=O) groups is 1. The molecule has 0 radical (unpaired) electrons. The number of halogens is 1. The molecule has 0 aliphatic carbocycles. The van der Waals surface area contributed by atoms with Crippen LogP contribution in [-0.2, 0) is 0 Å². The fourth-order valence-corrected chi connectivity index (χ4v) is 2.35. The lowest BCUT2D eigenvalue weighted by Crippen LogP contribution is -2.14. The second-order valence-corrected chi connectivity index (χ2v) is 5.63. The quantitative estimate of drug-likeness (QED) is 0.796. The van der Waals surface area contributed by atoms with E-state index in [4.69, 9.17) is 11.6 Å². The third-order valence-electron chi connectivity index (χ3n) is 3.32. The largest absolute Gasteiger partial charge is 0.319 e. The molecule has 1 heterocycles. The number of nitrogens with one attached hydrogen (secondary N) is 1. The van der Waals surface area contributed by atoms with E-state index in [9.17, 15) is 4.79 Å². The van der Waals surface area contributed by atoms with E-state index in [1.54, 1.807) is 23.7 Å². The topological polar surface area (TPSA) is 59.8 Å². The predicted molar refractivity (Wildman–Crippen MR) is 90.2 cm³/mol. The summed E-state index contributed by atoms with van der Waals surface area (Å²) in [7, 11) is 0. The third-order valence-corrected chi connectivity index (χ3v) is 3.57. The average molecular weight is 327 g/mol. The van der Waals surface area contributed by atoms with Gasteiger partial charge in [-0.3, -0.25) is 4.79 Å². The number of anilines is 1. The predicted octanol–water partition coefficient (Wildman–Crippen LogP) is 3.79. The third kappa shape index (κ3) is 3.40. The maximum absolute atomic E-state index is 12.3. The van der Waals surface area contributed by atoms with Crippen LogP contribution in [0.15, 0.2) is 48.5 Å². The summed E-state index contributed by atoms with van der Waals surface area (Å²) in [6.07, 6.45) is 0. The number of benzene rings is 2. The van der Waals surface area contributed by atoms with Gasteiger partial charge in [-0.05, 0) is 55.8 Å². The second-order valence-electron chi connectivity index (χ2n) is 5.19. The fourth-order valence-electron chi connectivity index (χ4n) is 2.22. The number of rotatable bonds is 3. The molecule has 3 rings (SSSR count). The van der Waals surface area contributed by atoms with Gasteiger partial charge in [-0.2, -0.15) is 0 Å². The van der Waals surface area contributed by atoms with Crippen LogP contribution in [0.4, 0.5) is 5.69 Å². The molecule has 0 bridgehead atoms. The zero-order valence-corrected chi connectivity index (χ0v) is 13.5. The van der Waals surface area contributed by atoms with Crippen LogP contribution < -0.4 is 5.32 Å². The molecule has 0 atom stereocenters. The normalized spacial score (nSPS) is 10.6. The first-order valence-corrected chi connectivity index (χ1v) is 7.48. The highest BCUT2D eigenvalue weighted by Crippen LogP contribution is 2.15. The van der Waals surface area contributed by atoms with Gasteiger partial charge in [0.05, 0.1) is 5.69 Å². The number of amides is 1. The van der Waals surface area contributed by atoms with Crippen LogP contribution in [0.25, 0.3) is 5.69 Å². The standard InChI is InChI=1S/C17H15ClN4O/c1-11-4-3-5-14(10-11)20-17(23)16-19-12(2)22(21-16)15-8-6-13(18)7-9-15/h3-10H,1-2H3,(H,20,23). The van der Waals surface area contributed by atoms with E-state index < -0.39 is 0 Å². The van der Waals surface area contributed by atoms with Crippen molar-refractivity contribution in [3.8, 4) is 5.69 Å². The SMILES string of the molecule is Cc1cccc(NC(=O)c2nc(C)n(-c3ccc(Cl)cc3)n2)c1. The van der Waals surface area contributed by atoms with Gasteiger partial charge >= 0.3 is 0 Å². The van der Waals surface area contributed by atoms with Crippen LogP contribution in [0.5, 0.6) is 0 Å². The van der Waals surface area contributed by atoms with E-state index in [-0.39, 0.29) is 11.7 Å². The first-order chi connectivity index (χ1) is 11.0. The Bertz CT molecular complexity index is 855. The Balaban J connectivity index is 1.85. The van der Waals surface area contributed by atoms with E-state index >= 15 is 0 Å². The fraction of sp³-hybridized carbons (Fsp3) is 0.118. The lowest BCUT2D eigenvalue weighted by Gasteiger charge is -2.03. The summed E-state index contributed by atoms with van der Waals surface area (Å²) >= 11 is 5.89. The molecule has 0 aliphatic rings. The van der Waals surface area contributed by atoms with Crippen molar-refractivity contribution in [1.29, 1.82) is 0 Å².